The maximum Gasteiger partial charge on any atom is 0.253 e. The van der Waals surface area contributed by atoms with Crippen molar-refractivity contribution in [2.75, 3.05) is 17.2 Å². The molecule has 0 saturated carbocycles. The van der Waals surface area contributed by atoms with E-state index in [1.807, 2.05) is 48.5 Å². The number of hydrogen-bond acceptors (Lipinski definition) is 3. The molecule has 2 aromatic carbocycles. The van der Waals surface area contributed by atoms with Gasteiger partial charge in [-0.1, -0.05) is 41.9 Å². The molecular weight excluding hydrogens is 392 g/mol. The Bertz CT molecular complexity index is 965. The summed E-state index contributed by atoms with van der Waals surface area (Å²) < 4.78 is 0. The molecule has 1 heterocycles. The van der Waals surface area contributed by atoms with E-state index in [1.54, 1.807) is 24.4 Å². The average molecular weight is 411 g/mol. The molecule has 28 heavy (non-hydrogen) atoms. The molecule has 3 rings (SSSR count). The summed E-state index contributed by atoms with van der Waals surface area (Å²) in [5, 5.41) is 9.93. The minimum Gasteiger partial charge on any atom is -0.352 e. The number of aromatic nitrogens is 1. The van der Waals surface area contributed by atoms with Crippen molar-refractivity contribution in [1.29, 1.82) is 0 Å². The molecule has 0 atom stereocenters. The molecule has 0 radical (unpaired) electrons. The number of pyridine rings is 1. The zero-order chi connectivity index (χ0) is 19.8. The van der Waals surface area contributed by atoms with E-state index in [9.17, 15) is 4.79 Å². The monoisotopic (exact) mass is 410 g/mol. The molecule has 0 aliphatic rings. The summed E-state index contributed by atoms with van der Waals surface area (Å²) in [7, 11) is 0. The van der Waals surface area contributed by atoms with Crippen molar-refractivity contribution < 1.29 is 4.79 Å². The topological polar surface area (TPSA) is 66.0 Å². The van der Waals surface area contributed by atoms with E-state index in [2.05, 4.69) is 20.9 Å². The molecule has 1 amide bonds. The summed E-state index contributed by atoms with van der Waals surface area (Å²) >= 11 is 11.5. The Balaban J connectivity index is 1.61. The molecule has 0 aliphatic carbocycles. The first-order chi connectivity index (χ1) is 13.6. The van der Waals surface area contributed by atoms with Gasteiger partial charge in [-0.15, -0.1) is 0 Å². The van der Waals surface area contributed by atoms with E-state index in [0.717, 1.165) is 5.69 Å². The highest BCUT2D eigenvalue weighted by Gasteiger charge is 2.12. The van der Waals surface area contributed by atoms with E-state index in [0.29, 0.717) is 40.0 Å². The van der Waals surface area contributed by atoms with Gasteiger partial charge < -0.3 is 16.0 Å². The van der Waals surface area contributed by atoms with E-state index >= 15 is 0 Å². The number of para-hydroxylation sites is 2. The van der Waals surface area contributed by atoms with E-state index in [-0.39, 0.29) is 5.91 Å². The summed E-state index contributed by atoms with van der Waals surface area (Å²) in [6.07, 6.45) is 2.40. The zero-order valence-electron chi connectivity index (χ0n) is 15.0. The van der Waals surface area contributed by atoms with Crippen LogP contribution in [0.2, 0.25) is 5.02 Å². The first kappa shape index (κ1) is 19.8. The summed E-state index contributed by atoms with van der Waals surface area (Å²) in [6.45, 7) is 0.493. The molecule has 0 bridgehead atoms. The van der Waals surface area contributed by atoms with Crippen molar-refractivity contribution in [2.45, 2.75) is 6.42 Å². The van der Waals surface area contributed by atoms with Gasteiger partial charge in [0.1, 0.15) is 0 Å². The Kier molecular flexibility index (Phi) is 6.94. The van der Waals surface area contributed by atoms with Gasteiger partial charge in [-0.25, -0.2) is 0 Å². The highest BCUT2D eigenvalue weighted by Crippen LogP contribution is 2.21. The average Bonchev–Trinajstić information content (AvgIpc) is 2.71. The highest BCUT2D eigenvalue weighted by atomic mass is 35.5. The van der Waals surface area contributed by atoms with E-state index in [4.69, 9.17) is 23.8 Å². The van der Waals surface area contributed by atoms with Crippen LogP contribution in [0, 0.1) is 0 Å². The van der Waals surface area contributed by atoms with Crippen molar-refractivity contribution in [3.05, 3.63) is 89.2 Å². The van der Waals surface area contributed by atoms with E-state index in [1.165, 1.54) is 0 Å². The fourth-order valence-corrected chi connectivity index (χ4v) is 2.98. The number of nitrogens with zero attached hydrogens (tertiary/aromatic N) is 1. The van der Waals surface area contributed by atoms with Crippen LogP contribution in [-0.4, -0.2) is 22.5 Å². The molecule has 0 fully saturated rings. The van der Waals surface area contributed by atoms with Crippen LogP contribution in [0.4, 0.5) is 11.4 Å². The number of halogens is 1. The molecule has 3 aromatic rings. The van der Waals surface area contributed by atoms with Crippen molar-refractivity contribution in [3.63, 3.8) is 0 Å². The lowest BCUT2D eigenvalue weighted by Crippen LogP contribution is -2.28. The van der Waals surface area contributed by atoms with Gasteiger partial charge >= 0.3 is 0 Å². The molecule has 142 valence electrons. The number of carbonyl (C=O) groups is 1. The van der Waals surface area contributed by atoms with Crippen LogP contribution in [0.15, 0.2) is 72.9 Å². The third-order valence-electron chi connectivity index (χ3n) is 3.93. The predicted molar refractivity (Wildman–Crippen MR) is 118 cm³/mol. The Labute approximate surface area is 174 Å². The second kappa shape index (κ2) is 9.82. The zero-order valence-corrected chi connectivity index (χ0v) is 16.6. The second-order valence-electron chi connectivity index (χ2n) is 5.93. The third kappa shape index (κ3) is 5.52. The molecule has 7 heteroatoms. The Hall–Kier alpha value is -2.96. The predicted octanol–water partition coefficient (Wildman–Crippen LogP) is 4.52. The van der Waals surface area contributed by atoms with Gasteiger partial charge in [-0.2, -0.15) is 0 Å². The normalized spacial score (nSPS) is 10.2. The second-order valence-corrected chi connectivity index (χ2v) is 6.75. The summed E-state index contributed by atoms with van der Waals surface area (Å²) in [6, 6.07) is 20.2. The third-order valence-corrected chi connectivity index (χ3v) is 4.47. The minimum absolute atomic E-state index is 0.181. The number of amides is 1. The van der Waals surface area contributed by atoms with Crippen molar-refractivity contribution in [2.24, 2.45) is 0 Å². The number of anilines is 2. The standard InChI is InChI=1S/C21H19ClN4OS/c22-17-9-2-4-11-19(17)26-21(28)25-18-10-3-1-8-16(18)20(27)24-14-12-15-7-5-6-13-23-15/h1-11,13H,12,14H2,(H,24,27)(H2,25,26,28). The SMILES string of the molecule is O=C(NCCc1ccccn1)c1ccccc1NC(=S)Nc1ccccc1Cl. The first-order valence-electron chi connectivity index (χ1n) is 8.73. The molecule has 0 spiro atoms. The summed E-state index contributed by atoms with van der Waals surface area (Å²) in [5.41, 5.74) is 2.74. The Morgan fingerprint density at radius 2 is 1.61 bits per heavy atom. The Morgan fingerprint density at radius 3 is 2.36 bits per heavy atom. The van der Waals surface area contributed by atoms with Gasteiger partial charge in [-0.3, -0.25) is 9.78 Å². The number of nitrogens with one attached hydrogen (secondary N) is 3. The first-order valence-corrected chi connectivity index (χ1v) is 9.52. The van der Waals surface area contributed by atoms with Crippen molar-refractivity contribution >= 4 is 46.2 Å². The van der Waals surface area contributed by atoms with Crippen molar-refractivity contribution in [1.82, 2.24) is 10.3 Å². The lowest BCUT2D eigenvalue weighted by molar-refractivity contribution is 0.0955. The highest BCUT2D eigenvalue weighted by molar-refractivity contribution is 7.80. The van der Waals surface area contributed by atoms with Gasteiger partial charge in [-0.05, 0) is 48.6 Å². The largest absolute Gasteiger partial charge is 0.352 e. The van der Waals surface area contributed by atoms with Gasteiger partial charge in [0, 0.05) is 24.9 Å². The smallest absolute Gasteiger partial charge is 0.253 e. The minimum atomic E-state index is -0.181. The molecular formula is C21H19ClN4OS. The molecule has 1 aromatic heterocycles. The molecule has 0 aliphatic heterocycles. The van der Waals surface area contributed by atoms with Gasteiger partial charge in [0.2, 0.25) is 0 Å². The molecule has 0 unspecified atom stereocenters. The van der Waals surface area contributed by atoms with Crippen LogP contribution in [0.5, 0.6) is 0 Å². The molecule has 3 N–H and O–H groups in total. The fourth-order valence-electron chi connectivity index (χ4n) is 2.57. The maximum absolute atomic E-state index is 12.6. The summed E-state index contributed by atoms with van der Waals surface area (Å²) in [5.74, 6) is -0.181. The van der Waals surface area contributed by atoms with Crippen LogP contribution in [-0.2, 0) is 6.42 Å². The van der Waals surface area contributed by atoms with Crippen molar-refractivity contribution in [3.8, 4) is 0 Å². The van der Waals surface area contributed by atoms with Gasteiger partial charge in [0.25, 0.3) is 5.91 Å². The van der Waals surface area contributed by atoms with Crippen LogP contribution in [0.1, 0.15) is 16.1 Å². The number of thiocarbonyl (C=S) groups is 1. The molecule has 5 nitrogen and oxygen atoms in total. The quantitative estimate of drug-likeness (QED) is 0.521. The lowest BCUT2D eigenvalue weighted by atomic mass is 10.1. The lowest BCUT2D eigenvalue weighted by Gasteiger charge is -2.14. The Morgan fingerprint density at radius 1 is 0.929 bits per heavy atom. The number of hydrogen-bond donors (Lipinski definition) is 3. The van der Waals surface area contributed by atoms with Crippen LogP contribution >= 0.6 is 23.8 Å². The maximum atomic E-state index is 12.6. The van der Waals surface area contributed by atoms with Crippen LogP contribution in [0.25, 0.3) is 0 Å². The van der Waals surface area contributed by atoms with Gasteiger partial charge in [0.15, 0.2) is 5.11 Å². The fraction of sp³-hybridized carbons (Fsp3) is 0.0952. The molecule has 0 saturated heterocycles. The van der Waals surface area contributed by atoms with E-state index < -0.39 is 0 Å². The number of carbonyl (C=O) groups excluding carboxylic acids is 1. The number of benzene rings is 2. The van der Waals surface area contributed by atoms with Gasteiger partial charge in [0.05, 0.1) is 22.0 Å². The van der Waals surface area contributed by atoms with Crippen LogP contribution < -0.4 is 16.0 Å². The summed E-state index contributed by atoms with van der Waals surface area (Å²) in [4.78, 5) is 16.8. The number of rotatable bonds is 6. The van der Waals surface area contributed by atoms with Crippen LogP contribution in [0.3, 0.4) is 0 Å².